The van der Waals surface area contributed by atoms with Crippen LogP contribution in [-0.2, 0) is 0 Å². The zero-order valence-corrected chi connectivity index (χ0v) is 7.07. The number of aromatic nitrogens is 3. The molecule has 2 aromatic rings. The monoisotopic (exact) mass is 190 g/mol. The fourth-order valence-corrected chi connectivity index (χ4v) is 1.13. The highest BCUT2D eigenvalue weighted by Crippen LogP contribution is 2.18. The summed E-state index contributed by atoms with van der Waals surface area (Å²) in [5.41, 5.74) is 0.412. The zero-order chi connectivity index (χ0) is 9.97. The van der Waals surface area contributed by atoms with Gasteiger partial charge in [-0.05, 0) is 22.0 Å². The van der Waals surface area contributed by atoms with E-state index in [0.717, 1.165) is 0 Å². The van der Waals surface area contributed by atoms with Gasteiger partial charge in [0.1, 0.15) is 11.9 Å². The molecule has 6 heteroatoms. The topological polar surface area (TPSA) is 73.8 Å². The number of nitrogens with zero attached hydrogens (tertiary/aromatic N) is 4. The Labute approximate surface area is 79.0 Å². The van der Waals surface area contributed by atoms with Gasteiger partial charge in [0.2, 0.25) is 0 Å². The molecular formula is C8H6N4O2. The van der Waals surface area contributed by atoms with Gasteiger partial charge in [-0.2, -0.15) is 0 Å². The number of imidazole rings is 1. The summed E-state index contributed by atoms with van der Waals surface area (Å²) in [6.07, 6.45) is 6.06. The van der Waals surface area contributed by atoms with Crippen LogP contribution in [0.3, 0.4) is 0 Å². The Morgan fingerprint density at radius 3 is 2.93 bits per heavy atom. The molecule has 2 aromatic heterocycles. The van der Waals surface area contributed by atoms with E-state index in [2.05, 4.69) is 9.97 Å². The first kappa shape index (κ1) is 8.36. The van der Waals surface area contributed by atoms with Gasteiger partial charge in [-0.15, -0.1) is 0 Å². The highest BCUT2D eigenvalue weighted by molar-refractivity contribution is 5.46. The summed E-state index contributed by atoms with van der Waals surface area (Å²) in [6.45, 7) is 0. The second kappa shape index (κ2) is 3.25. The minimum absolute atomic E-state index is 0.175. The van der Waals surface area contributed by atoms with Crippen LogP contribution < -0.4 is 0 Å². The van der Waals surface area contributed by atoms with Crippen molar-refractivity contribution in [2.45, 2.75) is 0 Å². The van der Waals surface area contributed by atoms with Gasteiger partial charge in [-0.3, -0.25) is 4.57 Å². The van der Waals surface area contributed by atoms with Crippen LogP contribution in [0.5, 0.6) is 0 Å². The van der Waals surface area contributed by atoms with Gasteiger partial charge in [0.15, 0.2) is 0 Å². The second-order valence-electron chi connectivity index (χ2n) is 2.57. The Balaban J connectivity index is 2.58. The Morgan fingerprint density at radius 1 is 1.43 bits per heavy atom. The predicted octanol–water partition coefficient (Wildman–Crippen LogP) is 1.18. The normalized spacial score (nSPS) is 10.0. The van der Waals surface area contributed by atoms with Crippen molar-refractivity contribution in [3.8, 4) is 5.69 Å². The second-order valence-corrected chi connectivity index (χ2v) is 2.57. The van der Waals surface area contributed by atoms with Crippen molar-refractivity contribution < 1.29 is 4.92 Å². The lowest BCUT2D eigenvalue weighted by Gasteiger charge is -2.01. The van der Waals surface area contributed by atoms with Crippen molar-refractivity contribution in [2.24, 2.45) is 0 Å². The lowest BCUT2D eigenvalue weighted by molar-refractivity contribution is -0.389. The van der Waals surface area contributed by atoms with E-state index in [9.17, 15) is 10.1 Å². The van der Waals surface area contributed by atoms with E-state index in [-0.39, 0.29) is 5.82 Å². The molecule has 0 aliphatic heterocycles. The highest BCUT2D eigenvalue weighted by atomic mass is 16.6. The molecule has 2 heterocycles. The van der Waals surface area contributed by atoms with E-state index in [1.165, 1.54) is 12.5 Å². The van der Waals surface area contributed by atoms with Crippen LogP contribution in [0.1, 0.15) is 0 Å². The molecule has 0 N–H and O–H groups in total. The van der Waals surface area contributed by atoms with Gasteiger partial charge in [-0.25, -0.2) is 4.98 Å². The van der Waals surface area contributed by atoms with Gasteiger partial charge in [0.25, 0.3) is 0 Å². The quantitative estimate of drug-likeness (QED) is 0.526. The van der Waals surface area contributed by atoms with Crippen molar-refractivity contribution in [3.63, 3.8) is 0 Å². The molecule has 0 saturated carbocycles. The molecule has 0 aliphatic carbocycles. The van der Waals surface area contributed by atoms with Gasteiger partial charge in [0, 0.05) is 12.4 Å². The fourth-order valence-electron chi connectivity index (χ4n) is 1.13. The highest BCUT2D eigenvalue weighted by Gasteiger charge is 2.14. The van der Waals surface area contributed by atoms with Crippen molar-refractivity contribution in [3.05, 3.63) is 47.2 Å². The van der Waals surface area contributed by atoms with Gasteiger partial charge in [-0.1, -0.05) is 0 Å². The summed E-state index contributed by atoms with van der Waals surface area (Å²) in [5, 5.41) is 10.6. The largest absolute Gasteiger partial charge is 0.387 e. The maximum absolute atomic E-state index is 10.6. The van der Waals surface area contributed by atoms with Crippen LogP contribution in [-0.4, -0.2) is 19.5 Å². The summed E-state index contributed by atoms with van der Waals surface area (Å²) in [5.74, 6) is -0.175. The molecule has 14 heavy (non-hydrogen) atoms. The van der Waals surface area contributed by atoms with Crippen LogP contribution in [0.25, 0.3) is 5.69 Å². The summed E-state index contributed by atoms with van der Waals surface area (Å²) < 4.78 is 1.55. The zero-order valence-electron chi connectivity index (χ0n) is 7.07. The van der Waals surface area contributed by atoms with Gasteiger partial charge in [0.05, 0.1) is 6.33 Å². The van der Waals surface area contributed by atoms with Crippen LogP contribution >= 0.6 is 0 Å². The molecule has 0 radical (unpaired) electrons. The van der Waals surface area contributed by atoms with E-state index in [1.54, 1.807) is 29.1 Å². The van der Waals surface area contributed by atoms with Crippen LogP contribution in [0.2, 0.25) is 0 Å². The molecule has 6 nitrogen and oxygen atoms in total. The van der Waals surface area contributed by atoms with Crippen molar-refractivity contribution in [2.75, 3.05) is 0 Å². The number of hydrogen-bond acceptors (Lipinski definition) is 4. The first-order chi connectivity index (χ1) is 6.79. The lowest BCUT2D eigenvalue weighted by atomic mass is 10.4. The SMILES string of the molecule is O=[N+]([O-])c1ncccc1-n1ccnc1. The maximum Gasteiger partial charge on any atom is 0.387 e. The Morgan fingerprint density at radius 2 is 2.29 bits per heavy atom. The summed E-state index contributed by atoms with van der Waals surface area (Å²) in [6, 6.07) is 3.26. The molecule has 70 valence electrons. The van der Waals surface area contributed by atoms with E-state index in [0.29, 0.717) is 5.69 Å². The van der Waals surface area contributed by atoms with Crippen molar-refractivity contribution in [1.29, 1.82) is 0 Å². The Hall–Kier alpha value is -2.24. The number of nitro groups is 1. The molecule has 0 fully saturated rings. The molecule has 0 atom stereocenters. The van der Waals surface area contributed by atoms with Crippen molar-refractivity contribution >= 4 is 5.82 Å². The lowest BCUT2D eigenvalue weighted by Crippen LogP contribution is -1.99. The molecule has 0 unspecified atom stereocenters. The smallest absolute Gasteiger partial charge is 0.358 e. The van der Waals surface area contributed by atoms with Crippen molar-refractivity contribution in [1.82, 2.24) is 14.5 Å². The van der Waals surface area contributed by atoms with Crippen LogP contribution in [0, 0.1) is 10.1 Å². The summed E-state index contributed by atoms with van der Waals surface area (Å²) in [4.78, 5) is 17.6. The molecule has 0 amide bonds. The first-order valence-corrected chi connectivity index (χ1v) is 3.87. The average Bonchev–Trinajstić information content (AvgIpc) is 2.70. The molecular weight excluding hydrogens is 184 g/mol. The predicted molar refractivity (Wildman–Crippen MR) is 48.0 cm³/mol. The molecule has 0 aromatic carbocycles. The third kappa shape index (κ3) is 1.33. The number of hydrogen-bond donors (Lipinski definition) is 0. The van der Waals surface area contributed by atoms with E-state index in [4.69, 9.17) is 0 Å². The third-order valence-electron chi connectivity index (χ3n) is 1.72. The van der Waals surface area contributed by atoms with E-state index >= 15 is 0 Å². The molecule has 0 bridgehead atoms. The maximum atomic E-state index is 10.6. The van der Waals surface area contributed by atoms with Gasteiger partial charge >= 0.3 is 5.82 Å². The number of pyridine rings is 1. The fraction of sp³-hybridized carbons (Fsp3) is 0. The van der Waals surface area contributed by atoms with Crippen LogP contribution in [0.15, 0.2) is 37.1 Å². The van der Waals surface area contributed by atoms with E-state index < -0.39 is 4.92 Å². The number of rotatable bonds is 2. The Kier molecular flexibility index (Phi) is 1.94. The minimum Gasteiger partial charge on any atom is -0.358 e. The van der Waals surface area contributed by atoms with Gasteiger partial charge < -0.3 is 10.1 Å². The Bertz CT molecular complexity index is 452. The minimum atomic E-state index is -0.519. The standard InChI is InChI=1S/C8H6N4O2/c13-12(14)8-7(2-1-3-10-8)11-5-4-9-6-11/h1-6H. The summed E-state index contributed by atoms with van der Waals surface area (Å²) in [7, 11) is 0. The molecule has 0 saturated heterocycles. The molecule has 0 spiro atoms. The van der Waals surface area contributed by atoms with E-state index in [1.807, 2.05) is 0 Å². The van der Waals surface area contributed by atoms with Crippen LogP contribution in [0.4, 0.5) is 5.82 Å². The molecule has 2 rings (SSSR count). The third-order valence-corrected chi connectivity index (χ3v) is 1.72. The average molecular weight is 190 g/mol. The summed E-state index contributed by atoms with van der Waals surface area (Å²) >= 11 is 0. The first-order valence-electron chi connectivity index (χ1n) is 3.87. The molecule has 0 aliphatic rings.